The molecule has 0 saturated carbocycles. The predicted molar refractivity (Wildman–Crippen MR) is 116 cm³/mol. The lowest BCUT2D eigenvalue weighted by Gasteiger charge is -2.37. The molecule has 1 saturated heterocycles. The molecule has 1 fully saturated rings. The molecule has 1 aliphatic heterocycles. The summed E-state index contributed by atoms with van der Waals surface area (Å²) in [5.74, 6) is 1.69. The van der Waals surface area contributed by atoms with Crippen molar-refractivity contribution in [3.05, 3.63) is 59.9 Å². The molecular formula is C24H33N3O2. The number of aromatic nitrogens is 1. The maximum atomic E-state index is 12.6. The van der Waals surface area contributed by atoms with Gasteiger partial charge in [-0.2, -0.15) is 0 Å². The van der Waals surface area contributed by atoms with Crippen LogP contribution in [0.3, 0.4) is 0 Å². The smallest absolute Gasteiger partial charge is 0.220 e. The summed E-state index contributed by atoms with van der Waals surface area (Å²) in [7, 11) is 1.70. The Hall–Kier alpha value is -2.40. The third kappa shape index (κ3) is 6.29. The van der Waals surface area contributed by atoms with E-state index in [9.17, 15) is 4.79 Å². The minimum atomic E-state index is -0.0458. The molecule has 1 N–H and O–H groups in total. The molecule has 1 aromatic carbocycles. The van der Waals surface area contributed by atoms with Gasteiger partial charge in [-0.3, -0.25) is 14.7 Å². The lowest BCUT2D eigenvalue weighted by molar-refractivity contribution is -0.123. The van der Waals surface area contributed by atoms with Crippen LogP contribution in [0.25, 0.3) is 0 Å². The Kier molecular flexibility index (Phi) is 7.64. The van der Waals surface area contributed by atoms with Crippen molar-refractivity contribution in [2.75, 3.05) is 20.2 Å². The minimum absolute atomic E-state index is 0.0458. The molecule has 5 heteroatoms. The van der Waals surface area contributed by atoms with Gasteiger partial charge in [0.2, 0.25) is 5.91 Å². The molecule has 2 aromatic rings. The number of pyridine rings is 1. The van der Waals surface area contributed by atoms with Crippen molar-refractivity contribution in [3.8, 4) is 5.75 Å². The molecule has 0 spiro atoms. The monoisotopic (exact) mass is 395 g/mol. The van der Waals surface area contributed by atoms with E-state index in [4.69, 9.17) is 4.74 Å². The van der Waals surface area contributed by atoms with Crippen molar-refractivity contribution < 1.29 is 9.53 Å². The van der Waals surface area contributed by atoms with Crippen LogP contribution >= 0.6 is 0 Å². The fraction of sp³-hybridized carbons (Fsp3) is 0.500. The highest BCUT2D eigenvalue weighted by Crippen LogP contribution is 2.30. The Morgan fingerprint density at radius 2 is 2.14 bits per heavy atom. The van der Waals surface area contributed by atoms with Crippen LogP contribution < -0.4 is 10.1 Å². The van der Waals surface area contributed by atoms with Crippen molar-refractivity contribution in [3.63, 3.8) is 0 Å². The number of piperidine rings is 1. The van der Waals surface area contributed by atoms with Gasteiger partial charge in [-0.05, 0) is 61.1 Å². The van der Waals surface area contributed by atoms with Gasteiger partial charge in [-0.15, -0.1) is 0 Å². The molecule has 156 valence electrons. The molecule has 29 heavy (non-hydrogen) atoms. The number of benzene rings is 1. The van der Waals surface area contributed by atoms with Gasteiger partial charge in [0.15, 0.2) is 0 Å². The first-order chi connectivity index (χ1) is 14.0. The van der Waals surface area contributed by atoms with E-state index in [0.29, 0.717) is 18.3 Å². The molecule has 2 heterocycles. The van der Waals surface area contributed by atoms with Gasteiger partial charge in [-0.1, -0.05) is 32.0 Å². The highest BCUT2D eigenvalue weighted by atomic mass is 16.5. The zero-order valence-electron chi connectivity index (χ0n) is 17.8. The second-order valence-corrected chi connectivity index (χ2v) is 8.39. The number of carbonyl (C=O) groups is 1. The fourth-order valence-electron chi connectivity index (χ4n) is 4.13. The second-order valence-electron chi connectivity index (χ2n) is 8.39. The molecule has 0 unspecified atom stereocenters. The minimum Gasteiger partial charge on any atom is -0.497 e. The van der Waals surface area contributed by atoms with Crippen LogP contribution in [-0.4, -0.2) is 36.0 Å². The third-order valence-corrected chi connectivity index (χ3v) is 5.47. The molecular weight excluding hydrogens is 362 g/mol. The average Bonchev–Trinajstić information content (AvgIpc) is 2.72. The van der Waals surface area contributed by atoms with E-state index in [0.717, 1.165) is 43.9 Å². The topological polar surface area (TPSA) is 54.5 Å². The average molecular weight is 396 g/mol. The zero-order chi connectivity index (χ0) is 20.6. The number of carbonyl (C=O) groups excluding carboxylic acids is 1. The van der Waals surface area contributed by atoms with Crippen LogP contribution in [0.2, 0.25) is 0 Å². The molecule has 0 aliphatic carbocycles. The van der Waals surface area contributed by atoms with Crippen molar-refractivity contribution in [1.82, 2.24) is 15.2 Å². The van der Waals surface area contributed by atoms with Crippen LogP contribution in [0.4, 0.5) is 0 Å². The fourth-order valence-corrected chi connectivity index (χ4v) is 4.13. The van der Waals surface area contributed by atoms with E-state index < -0.39 is 0 Å². The molecule has 1 aliphatic rings. The van der Waals surface area contributed by atoms with Gasteiger partial charge >= 0.3 is 0 Å². The van der Waals surface area contributed by atoms with E-state index in [2.05, 4.69) is 41.2 Å². The molecule has 2 atom stereocenters. The Morgan fingerprint density at radius 3 is 2.86 bits per heavy atom. The summed E-state index contributed by atoms with van der Waals surface area (Å²) in [5.41, 5.74) is 2.21. The maximum absolute atomic E-state index is 12.6. The summed E-state index contributed by atoms with van der Waals surface area (Å²) in [6.07, 6.45) is 4.58. The van der Waals surface area contributed by atoms with Gasteiger partial charge in [0.05, 0.1) is 18.8 Å². The molecule has 0 radical (unpaired) electrons. The number of nitrogens with one attached hydrogen (secondary N) is 1. The highest BCUT2D eigenvalue weighted by molar-refractivity contribution is 5.76. The SMILES string of the molecule is COc1cccc(CN2CCC[C@@H]([C@@H](NC(=O)CC(C)C)c3ccccn3)C2)c1. The summed E-state index contributed by atoms with van der Waals surface area (Å²) in [6.45, 7) is 7.06. The van der Waals surface area contributed by atoms with E-state index in [1.807, 2.05) is 36.5 Å². The third-order valence-electron chi connectivity index (χ3n) is 5.47. The van der Waals surface area contributed by atoms with Crippen LogP contribution in [0.5, 0.6) is 5.75 Å². The molecule has 1 amide bonds. The van der Waals surface area contributed by atoms with E-state index in [-0.39, 0.29) is 11.9 Å². The van der Waals surface area contributed by atoms with Crippen LogP contribution in [0.1, 0.15) is 50.4 Å². The number of amides is 1. The van der Waals surface area contributed by atoms with Gasteiger partial charge in [0.25, 0.3) is 0 Å². The highest BCUT2D eigenvalue weighted by Gasteiger charge is 2.30. The number of ether oxygens (including phenoxy) is 1. The molecule has 5 nitrogen and oxygen atoms in total. The standard InChI is InChI=1S/C24H33N3O2/c1-18(2)14-23(28)26-24(22-11-4-5-12-25-22)20-9-7-13-27(17-20)16-19-8-6-10-21(15-19)29-3/h4-6,8,10-12,15,18,20,24H,7,9,13-14,16-17H2,1-3H3,(H,26,28)/t20-,24-/m1/s1. The summed E-state index contributed by atoms with van der Waals surface area (Å²) in [4.78, 5) is 19.6. The number of rotatable bonds is 8. The quantitative estimate of drug-likeness (QED) is 0.728. The lowest BCUT2D eigenvalue weighted by atomic mass is 9.88. The van der Waals surface area contributed by atoms with Gasteiger partial charge in [-0.25, -0.2) is 0 Å². The molecule has 1 aromatic heterocycles. The summed E-state index contributed by atoms with van der Waals surface area (Å²) in [6, 6.07) is 14.2. The maximum Gasteiger partial charge on any atom is 0.220 e. The number of likely N-dealkylation sites (tertiary alicyclic amines) is 1. The van der Waals surface area contributed by atoms with Gasteiger partial charge in [0, 0.05) is 25.7 Å². The number of nitrogens with zero attached hydrogens (tertiary/aromatic N) is 2. The first-order valence-electron chi connectivity index (χ1n) is 10.6. The van der Waals surface area contributed by atoms with E-state index >= 15 is 0 Å². The first-order valence-corrected chi connectivity index (χ1v) is 10.6. The number of hydrogen-bond donors (Lipinski definition) is 1. The van der Waals surface area contributed by atoms with E-state index in [1.54, 1.807) is 7.11 Å². The van der Waals surface area contributed by atoms with E-state index in [1.165, 1.54) is 5.56 Å². The summed E-state index contributed by atoms with van der Waals surface area (Å²) < 4.78 is 5.36. The van der Waals surface area contributed by atoms with Crippen molar-refractivity contribution >= 4 is 5.91 Å². The van der Waals surface area contributed by atoms with Crippen LogP contribution in [-0.2, 0) is 11.3 Å². The van der Waals surface area contributed by atoms with Crippen molar-refractivity contribution in [2.45, 2.75) is 45.7 Å². The van der Waals surface area contributed by atoms with Crippen LogP contribution in [0.15, 0.2) is 48.7 Å². The normalized spacial score (nSPS) is 18.4. The first kappa shape index (κ1) is 21.3. The zero-order valence-corrected chi connectivity index (χ0v) is 17.8. The predicted octanol–water partition coefficient (Wildman–Crippen LogP) is 4.21. The molecule has 0 bridgehead atoms. The van der Waals surface area contributed by atoms with Crippen LogP contribution in [0, 0.1) is 11.8 Å². The lowest BCUT2D eigenvalue weighted by Crippen LogP contribution is -2.43. The van der Waals surface area contributed by atoms with Crippen molar-refractivity contribution in [2.24, 2.45) is 11.8 Å². The Morgan fingerprint density at radius 1 is 1.28 bits per heavy atom. The number of methoxy groups -OCH3 is 1. The second kappa shape index (κ2) is 10.4. The Balaban J connectivity index is 1.72. The van der Waals surface area contributed by atoms with Gasteiger partial charge < -0.3 is 10.1 Å². The number of hydrogen-bond acceptors (Lipinski definition) is 4. The summed E-state index contributed by atoms with van der Waals surface area (Å²) in [5, 5.41) is 3.29. The largest absolute Gasteiger partial charge is 0.497 e. The van der Waals surface area contributed by atoms with Gasteiger partial charge in [0.1, 0.15) is 5.75 Å². The molecule has 3 rings (SSSR count). The Labute approximate surface area is 174 Å². The van der Waals surface area contributed by atoms with Crippen molar-refractivity contribution in [1.29, 1.82) is 0 Å². The summed E-state index contributed by atoms with van der Waals surface area (Å²) >= 11 is 0. The Bertz CT molecular complexity index is 779.